The number of methoxy groups -OCH3 is 1. The fourth-order valence-corrected chi connectivity index (χ4v) is 1.69. The second kappa shape index (κ2) is 3.71. The Hall–Kier alpha value is -0.370. The van der Waals surface area contributed by atoms with Gasteiger partial charge in [0.15, 0.2) is 0 Å². The van der Waals surface area contributed by atoms with E-state index in [9.17, 15) is 0 Å². The molecule has 58 valence electrons. The third-order valence-corrected chi connectivity index (χ3v) is 2.26. The van der Waals surface area contributed by atoms with Gasteiger partial charge >= 0.3 is 0 Å². The summed E-state index contributed by atoms with van der Waals surface area (Å²) in [5.41, 5.74) is 0. The average Bonchev–Trinajstić information content (AvgIpc) is 2.36. The van der Waals surface area contributed by atoms with Crippen LogP contribution in [0.15, 0.2) is 4.99 Å². The quantitative estimate of drug-likeness (QED) is 0.546. The Balaban J connectivity index is 2.34. The van der Waals surface area contributed by atoms with E-state index < -0.39 is 0 Å². The Morgan fingerprint density at radius 3 is 3.00 bits per heavy atom. The molecular formula is C8H15NO. The molecule has 2 atom stereocenters. The van der Waals surface area contributed by atoms with E-state index in [0.29, 0.717) is 12.0 Å². The van der Waals surface area contributed by atoms with Gasteiger partial charge in [0, 0.05) is 19.6 Å². The lowest BCUT2D eigenvalue weighted by molar-refractivity contribution is 0.0743. The SMILES string of the molecule is C=NCC1CCCC1OC. The van der Waals surface area contributed by atoms with Crippen molar-refractivity contribution in [2.24, 2.45) is 10.9 Å². The Bertz CT molecular complexity index is 114. The van der Waals surface area contributed by atoms with E-state index in [1.54, 1.807) is 7.11 Å². The van der Waals surface area contributed by atoms with Gasteiger partial charge in [-0.25, -0.2) is 0 Å². The minimum Gasteiger partial charge on any atom is -0.381 e. The zero-order valence-corrected chi connectivity index (χ0v) is 6.55. The number of ether oxygens (including phenoxy) is 1. The van der Waals surface area contributed by atoms with E-state index in [2.05, 4.69) is 11.7 Å². The fraction of sp³-hybridized carbons (Fsp3) is 0.875. The summed E-state index contributed by atoms with van der Waals surface area (Å²) >= 11 is 0. The zero-order chi connectivity index (χ0) is 7.40. The average molecular weight is 141 g/mol. The minimum atomic E-state index is 0.450. The third kappa shape index (κ3) is 1.57. The largest absolute Gasteiger partial charge is 0.381 e. The van der Waals surface area contributed by atoms with Crippen molar-refractivity contribution in [2.75, 3.05) is 13.7 Å². The maximum Gasteiger partial charge on any atom is 0.0617 e. The smallest absolute Gasteiger partial charge is 0.0617 e. The highest BCUT2D eigenvalue weighted by molar-refractivity contribution is 5.23. The van der Waals surface area contributed by atoms with Gasteiger partial charge in [-0.05, 0) is 19.6 Å². The van der Waals surface area contributed by atoms with Crippen LogP contribution in [-0.4, -0.2) is 26.5 Å². The predicted molar refractivity (Wildman–Crippen MR) is 42.6 cm³/mol. The lowest BCUT2D eigenvalue weighted by Crippen LogP contribution is -2.18. The highest BCUT2D eigenvalue weighted by Gasteiger charge is 2.25. The van der Waals surface area contributed by atoms with Crippen LogP contribution in [0.3, 0.4) is 0 Å². The van der Waals surface area contributed by atoms with Gasteiger partial charge in [0.05, 0.1) is 6.10 Å². The molecule has 1 saturated carbocycles. The summed E-state index contributed by atoms with van der Waals surface area (Å²) < 4.78 is 5.29. The van der Waals surface area contributed by atoms with Gasteiger partial charge in [-0.1, -0.05) is 6.42 Å². The van der Waals surface area contributed by atoms with E-state index in [1.165, 1.54) is 19.3 Å². The number of aliphatic imine (C=N–C) groups is 1. The molecule has 2 heteroatoms. The standard InChI is InChI=1S/C8H15NO/c1-9-6-7-4-3-5-8(7)10-2/h7-8H,1,3-6H2,2H3. The molecule has 0 saturated heterocycles. The van der Waals surface area contributed by atoms with Gasteiger partial charge < -0.3 is 9.73 Å². The summed E-state index contributed by atoms with van der Waals surface area (Å²) in [7, 11) is 1.78. The van der Waals surface area contributed by atoms with Gasteiger partial charge in [0.25, 0.3) is 0 Å². The van der Waals surface area contributed by atoms with Crippen LogP contribution in [0.25, 0.3) is 0 Å². The van der Waals surface area contributed by atoms with Crippen molar-refractivity contribution in [1.29, 1.82) is 0 Å². The summed E-state index contributed by atoms with van der Waals surface area (Å²) in [4.78, 5) is 3.89. The Morgan fingerprint density at radius 1 is 1.60 bits per heavy atom. The zero-order valence-electron chi connectivity index (χ0n) is 6.55. The third-order valence-electron chi connectivity index (χ3n) is 2.26. The molecule has 0 aromatic heterocycles. The molecule has 0 aromatic carbocycles. The van der Waals surface area contributed by atoms with Crippen LogP contribution in [0.4, 0.5) is 0 Å². The van der Waals surface area contributed by atoms with Crippen molar-refractivity contribution in [3.05, 3.63) is 0 Å². The van der Waals surface area contributed by atoms with Gasteiger partial charge in [0.1, 0.15) is 0 Å². The summed E-state index contributed by atoms with van der Waals surface area (Å²) in [6.07, 6.45) is 4.21. The van der Waals surface area contributed by atoms with Crippen LogP contribution in [0.1, 0.15) is 19.3 Å². The van der Waals surface area contributed by atoms with Gasteiger partial charge in [-0.3, -0.25) is 0 Å². The first kappa shape index (κ1) is 7.73. The van der Waals surface area contributed by atoms with E-state index in [4.69, 9.17) is 4.74 Å². The summed E-state index contributed by atoms with van der Waals surface area (Å²) in [6, 6.07) is 0. The first-order valence-electron chi connectivity index (χ1n) is 3.83. The highest BCUT2D eigenvalue weighted by atomic mass is 16.5. The van der Waals surface area contributed by atoms with E-state index in [1.807, 2.05) is 0 Å². The van der Waals surface area contributed by atoms with Crippen molar-refractivity contribution in [2.45, 2.75) is 25.4 Å². The van der Waals surface area contributed by atoms with Crippen molar-refractivity contribution in [1.82, 2.24) is 0 Å². The fourth-order valence-electron chi connectivity index (χ4n) is 1.69. The molecule has 0 N–H and O–H groups in total. The van der Waals surface area contributed by atoms with E-state index >= 15 is 0 Å². The molecular weight excluding hydrogens is 126 g/mol. The molecule has 10 heavy (non-hydrogen) atoms. The van der Waals surface area contributed by atoms with Crippen LogP contribution in [-0.2, 0) is 4.74 Å². The molecule has 1 aliphatic rings. The topological polar surface area (TPSA) is 21.6 Å². The first-order valence-corrected chi connectivity index (χ1v) is 3.83. The normalized spacial score (nSPS) is 32.5. The second-order valence-electron chi connectivity index (χ2n) is 2.87. The van der Waals surface area contributed by atoms with E-state index in [-0.39, 0.29) is 0 Å². The number of hydrogen-bond donors (Lipinski definition) is 0. The van der Waals surface area contributed by atoms with Crippen molar-refractivity contribution < 1.29 is 4.74 Å². The van der Waals surface area contributed by atoms with Gasteiger partial charge in [-0.2, -0.15) is 0 Å². The second-order valence-corrected chi connectivity index (χ2v) is 2.87. The molecule has 0 heterocycles. The molecule has 0 aliphatic heterocycles. The molecule has 0 spiro atoms. The monoisotopic (exact) mass is 141 g/mol. The summed E-state index contributed by atoms with van der Waals surface area (Å²) in [5.74, 6) is 0.641. The molecule has 2 nitrogen and oxygen atoms in total. The van der Waals surface area contributed by atoms with Crippen molar-refractivity contribution in [3.8, 4) is 0 Å². The van der Waals surface area contributed by atoms with Gasteiger partial charge in [-0.15, -0.1) is 0 Å². The first-order chi connectivity index (χ1) is 4.88. The summed E-state index contributed by atoms with van der Waals surface area (Å²) in [6.45, 7) is 4.36. The van der Waals surface area contributed by atoms with Crippen LogP contribution in [0, 0.1) is 5.92 Å². The van der Waals surface area contributed by atoms with Crippen molar-refractivity contribution in [3.63, 3.8) is 0 Å². The molecule has 1 fully saturated rings. The number of hydrogen-bond acceptors (Lipinski definition) is 2. The lowest BCUT2D eigenvalue weighted by atomic mass is 10.1. The van der Waals surface area contributed by atoms with E-state index in [0.717, 1.165) is 6.54 Å². The number of nitrogens with zero attached hydrogens (tertiary/aromatic N) is 1. The molecule has 2 unspecified atom stereocenters. The minimum absolute atomic E-state index is 0.450. The van der Waals surface area contributed by atoms with Gasteiger partial charge in [0.2, 0.25) is 0 Å². The molecule has 0 aromatic rings. The highest BCUT2D eigenvalue weighted by Crippen LogP contribution is 2.27. The lowest BCUT2D eigenvalue weighted by Gasteiger charge is -2.14. The van der Waals surface area contributed by atoms with Crippen LogP contribution < -0.4 is 0 Å². The maximum atomic E-state index is 5.29. The predicted octanol–water partition coefficient (Wildman–Crippen LogP) is 1.50. The molecule has 1 aliphatic carbocycles. The van der Waals surface area contributed by atoms with Crippen LogP contribution in [0.2, 0.25) is 0 Å². The Morgan fingerprint density at radius 2 is 2.40 bits per heavy atom. The van der Waals surface area contributed by atoms with Crippen LogP contribution in [0.5, 0.6) is 0 Å². The Labute approximate surface area is 62.3 Å². The maximum absolute atomic E-state index is 5.29. The molecule has 0 amide bonds. The number of rotatable bonds is 3. The molecule has 1 rings (SSSR count). The van der Waals surface area contributed by atoms with Crippen molar-refractivity contribution >= 4 is 6.72 Å². The summed E-state index contributed by atoms with van der Waals surface area (Å²) in [5, 5.41) is 0. The van der Waals surface area contributed by atoms with Crippen LogP contribution >= 0.6 is 0 Å². The molecule has 0 radical (unpaired) electrons. The Kier molecular flexibility index (Phi) is 2.87. The molecule has 0 bridgehead atoms.